The van der Waals surface area contributed by atoms with E-state index in [0.717, 1.165) is 22.9 Å². The number of ketones is 1. The summed E-state index contributed by atoms with van der Waals surface area (Å²) in [5.74, 6) is -5.05. The Morgan fingerprint density at radius 2 is 2.04 bits per heavy atom. The molecule has 1 heterocycles. The SMILES string of the molecule is C=CCNC(=O)C(=O)c1cn(C)c(C(=O)Nc2ccc(F)c(C#N)c2)c1F. The Morgan fingerprint density at radius 1 is 1.33 bits per heavy atom. The molecule has 2 amide bonds. The van der Waals surface area contributed by atoms with Crippen LogP contribution in [0.4, 0.5) is 14.5 Å². The highest BCUT2D eigenvalue weighted by atomic mass is 19.1. The molecule has 0 aliphatic carbocycles. The van der Waals surface area contributed by atoms with Crippen LogP contribution in [0, 0.1) is 23.0 Å². The van der Waals surface area contributed by atoms with Crippen molar-refractivity contribution in [3.05, 3.63) is 65.5 Å². The third-order valence-corrected chi connectivity index (χ3v) is 3.54. The molecule has 2 N–H and O–H groups in total. The number of benzene rings is 1. The molecule has 0 aliphatic rings. The van der Waals surface area contributed by atoms with E-state index in [0.29, 0.717) is 0 Å². The molecular formula is C18H14F2N4O3. The predicted molar refractivity (Wildman–Crippen MR) is 92.0 cm³/mol. The van der Waals surface area contributed by atoms with Crippen molar-refractivity contribution in [1.29, 1.82) is 5.26 Å². The normalized spacial score (nSPS) is 10.0. The second-order valence-corrected chi connectivity index (χ2v) is 5.40. The highest BCUT2D eigenvalue weighted by molar-refractivity contribution is 6.43. The summed E-state index contributed by atoms with van der Waals surface area (Å²) < 4.78 is 29.0. The minimum Gasteiger partial charge on any atom is -0.346 e. The molecule has 1 aromatic carbocycles. The lowest BCUT2D eigenvalue weighted by Gasteiger charge is -2.07. The summed E-state index contributed by atoms with van der Waals surface area (Å²) in [5.41, 5.74) is -1.30. The number of nitrogens with zero attached hydrogens (tertiary/aromatic N) is 2. The lowest BCUT2D eigenvalue weighted by Crippen LogP contribution is -2.31. The van der Waals surface area contributed by atoms with Gasteiger partial charge in [-0.25, -0.2) is 8.78 Å². The zero-order valence-electron chi connectivity index (χ0n) is 14.2. The standard InChI is InChI=1S/C18H14F2N4O3/c1-3-6-22-18(27)16(25)12-9-24(2)15(14(12)20)17(26)23-11-4-5-13(19)10(7-11)8-21/h3-5,7,9H,1,6H2,2H3,(H,22,27)(H,23,26). The van der Waals surface area contributed by atoms with Gasteiger partial charge in [-0.05, 0) is 18.2 Å². The van der Waals surface area contributed by atoms with Crippen LogP contribution in [0.2, 0.25) is 0 Å². The number of halogens is 2. The largest absolute Gasteiger partial charge is 0.346 e. The third-order valence-electron chi connectivity index (χ3n) is 3.54. The van der Waals surface area contributed by atoms with Gasteiger partial charge >= 0.3 is 0 Å². The van der Waals surface area contributed by atoms with Crippen molar-refractivity contribution in [2.45, 2.75) is 0 Å². The zero-order valence-corrected chi connectivity index (χ0v) is 14.2. The molecule has 0 saturated heterocycles. The molecule has 0 bridgehead atoms. The van der Waals surface area contributed by atoms with Crippen LogP contribution in [0.1, 0.15) is 26.4 Å². The van der Waals surface area contributed by atoms with Gasteiger partial charge in [-0.1, -0.05) is 6.08 Å². The number of carbonyl (C=O) groups is 3. The van der Waals surface area contributed by atoms with Crippen LogP contribution in [0.5, 0.6) is 0 Å². The maximum Gasteiger partial charge on any atom is 0.292 e. The number of hydrogen-bond donors (Lipinski definition) is 2. The van der Waals surface area contributed by atoms with Crippen molar-refractivity contribution >= 4 is 23.3 Å². The minimum atomic E-state index is -1.17. The highest BCUT2D eigenvalue weighted by Gasteiger charge is 2.28. The first kappa shape index (κ1) is 19.5. The monoisotopic (exact) mass is 372 g/mol. The van der Waals surface area contributed by atoms with E-state index in [2.05, 4.69) is 17.2 Å². The summed E-state index contributed by atoms with van der Waals surface area (Å²) >= 11 is 0. The molecule has 0 fully saturated rings. The number of aryl methyl sites for hydroxylation is 1. The molecule has 9 heteroatoms. The fraction of sp³-hybridized carbons (Fsp3) is 0.111. The summed E-state index contributed by atoms with van der Waals surface area (Å²) in [6, 6.07) is 4.88. The van der Waals surface area contributed by atoms with Gasteiger partial charge in [-0.3, -0.25) is 14.4 Å². The quantitative estimate of drug-likeness (QED) is 0.459. The number of anilines is 1. The average molecular weight is 372 g/mol. The minimum absolute atomic E-state index is 0.0260. The fourth-order valence-corrected chi connectivity index (χ4v) is 2.26. The van der Waals surface area contributed by atoms with Crippen molar-refractivity contribution in [1.82, 2.24) is 9.88 Å². The van der Waals surface area contributed by atoms with Crippen molar-refractivity contribution < 1.29 is 23.2 Å². The maximum atomic E-state index is 14.6. The van der Waals surface area contributed by atoms with Crippen LogP contribution in [0.25, 0.3) is 0 Å². The molecule has 7 nitrogen and oxygen atoms in total. The molecule has 1 aromatic heterocycles. The van der Waals surface area contributed by atoms with Gasteiger partial charge in [-0.2, -0.15) is 5.26 Å². The molecule has 27 heavy (non-hydrogen) atoms. The molecular weight excluding hydrogens is 358 g/mol. The van der Waals surface area contributed by atoms with E-state index < -0.39 is 40.5 Å². The lowest BCUT2D eigenvalue weighted by atomic mass is 10.1. The van der Waals surface area contributed by atoms with Crippen molar-refractivity contribution in [2.24, 2.45) is 7.05 Å². The number of hydrogen-bond acceptors (Lipinski definition) is 4. The molecule has 0 aliphatic heterocycles. The number of amides is 2. The van der Waals surface area contributed by atoms with E-state index in [-0.39, 0.29) is 17.8 Å². The fourth-order valence-electron chi connectivity index (χ4n) is 2.26. The van der Waals surface area contributed by atoms with E-state index >= 15 is 0 Å². The second kappa shape index (κ2) is 8.05. The van der Waals surface area contributed by atoms with Gasteiger partial charge in [0.25, 0.3) is 17.6 Å². The Labute approximate surface area is 152 Å². The molecule has 0 saturated carbocycles. The average Bonchev–Trinajstić information content (AvgIpc) is 2.94. The van der Waals surface area contributed by atoms with Crippen LogP contribution in [-0.2, 0) is 11.8 Å². The first-order valence-electron chi connectivity index (χ1n) is 7.59. The van der Waals surface area contributed by atoms with Gasteiger partial charge in [0, 0.05) is 25.5 Å². The first-order valence-corrected chi connectivity index (χ1v) is 7.59. The Kier molecular flexibility index (Phi) is 5.82. The Bertz CT molecular complexity index is 989. The Balaban J connectivity index is 2.29. The van der Waals surface area contributed by atoms with Crippen LogP contribution in [0.15, 0.2) is 37.1 Å². The van der Waals surface area contributed by atoms with E-state index in [4.69, 9.17) is 5.26 Å². The van der Waals surface area contributed by atoms with Crippen molar-refractivity contribution in [3.8, 4) is 6.07 Å². The number of carbonyl (C=O) groups excluding carboxylic acids is 3. The molecule has 0 spiro atoms. The van der Waals surface area contributed by atoms with Crippen molar-refractivity contribution in [3.63, 3.8) is 0 Å². The smallest absolute Gasteiger partial charge is 0.292 e. The highest BCUT2D eigenvalue weighted by Crippen LogP contribution is 2.19. The molecule has 0 atom stereocenters. The summed E-state index contributed by atoms with van der Waals surface area (Å²) in [6.45, 7) is 3.41. The van der Waals surface area contributed by atoms with Gasteiger partial charge in [0.15, 0.2) is 5.82 Å². The number of Topliss-reactive ketones (excluding diaryl/α,β-unsaturated/α-hetero) is 1. The molecule has 0 radical (unpaired) electrons. The summed E-state index contributed by atoms with van der Waals surface area (Å²) in [7, 11) is 1.32. The summed E-state index contributed by atoms with van der Waals surface area (Å²) in [4.78, 5) is 36.1. The Hall–Kier alpha value is -3.80. The zero-order chi connectivity index (χ0) is 20.1. The maximum absolute atomic E-state index is 14.6. The first-order chi connectivity index (χ1) is 12.8. The molecule has 2 rings (SSSR count). The van der Waals surface area contributed by atoms with E-state index in [1.54, 1.807) is 6.07 Å². The lowest BCUT2D eigenvalue weighted by molar-refractivity contribution is -0.116. The van der Waals surface area contributed by atoms with E-state index in [1.807, 2.05) is 0 Å². The van der Waals surface area contributed by atoms with Crippen LogP contribution >= 0.6 is 0 Å². The van der Waals surface area contributed by atoms with Gasteiger partial charge < -0.3 is 15.2 Å². The van der Waals surface area contributed by atoms with E-state index in [1.165, 1.54) is 19.2 Å². The van der Waals surface area contributed by atoms with Crippen LogP contribution in [-0.4, -0.2) is 28.7 Å². The topological polar surface area (TPSA) is 104 Å². The van der Waals surface area contributed by atoms with E-state index in [9.17, 15) is 23.2 Å². The number of nitriles is 1. The number of aromatic nitrogens is 1. The molecule has 0 unspecified atom stereocenters. The number of rotatable bonds is 6. The van der Waals surface area contributed by atoms with Gasteiger partial charge in [0.05, 0.1) is 11.1 Å². The predicted octanol–water partition coefficient (Wildman–Crippen LogP) is 1.91. The Morgan fingerprint density at radius 3 is 2.67 bits per heavy atom. The molecule has 138 valence electrons. The third kappa shape index (κ3) is 4.07. The van der Waals surface area contributed by atoms with Gasteiger partial charge in [0.1, 0.15) is 17.6 Å². The summed E-state index contributed by atoms with van der Waals surface area (Å²) in [5, 5.41) is 13.4. The second-order valence-electron chi connectivity index (χ2n) is 5.40. The number of nitrogens with one attached hydrogen (secondary N) is 2. The molecule has 2 aromatic rings. The van der Waals surface area contributed by atoms with Crippen LogP contribution in [0.3, 0.4) is 0 Å². The van der Waals surface area contributed by atoms with Crippen molar-refractivity contribution in [2.75, 3.05) is 11.9 Å². The van der Waals surface area contributed by atoms with Crippen LogP contribution < -0.4 is 10.6 Å². The van der Waals surface area contributed by atoms with Gasteiger partial charge in [0.2, 0.25) is 0 Å². The van der Waals surface area contributed by atoms with Gasteiger partial charge in [-0.15, -0.1) is 6.58 Å². The summed E-state index contributed by atoms with van der Waals surface area (Å²) in [6.07, 6.45) is 2.37.